The lowest BCUT2D eigenvalue weighted by atomic mass is 10.0. The van der Waals surface area contributed by atoms with Crippen molar-refractivity contribution in [1.29, 1.82) is 0 Å². The standard InChI is InChI=1S/C24H11F7O/c1-2-11-3-5-12(6-4-11)13-7-9-14(10-8-13)32-24-16-15(18(26)22(30)23(24)31)17(25)20(28)21(29)19(16)27/h2-10H,1H2. The van der Waals surface area contributed by atoms with Crippen molar-refractivity contribution < 1.29 is 35.5 Å². The Morgan fingerprint density at radius 2 is 0.969 bits per heavy atom. The molecule has 0 amide bonds. The Labute approximate surface area is 177 Å². The zero-order valence-corrected chi connectivity index (χ0v) is 16.0. The summed E-state index contributed by atoms with van der Waals surface area (Å²) < 4.78 is 103. The van der Waals surface area contributed by atoms with E-state index in [1.807, 2.05) is 24.3 Å². The fraction of sp³-hybridized carbons (Fsp3) is 0. The van der Waals surface area contributed by atoms with Gasteiger partial charge in [-0.3, -0.25) is 0 Å². The Bertz CT molecular complexity index is 1350. The Kier molecular flexibility index (Phi) is 5.38. The fourth-order valence-corrected chi connectivity index (χ4v) is 3.21. The van der Waals surface area contributed by atoms with E-state index in [-0.39, 0.29) is 5.75 Å². The van der Waals surface area contributed by atoms with Crippen LogP contribution in [0.5, 0.6) is 11.5 Å². The minimum atomic E-state index is -2.36. The molecule has 8 heteroatoms. The number of rotatable bonds is 4. The first kappa shape index (κ1) is 21.4. The molecule has 0 aliphatic rings. The predicted molar refractivity (Wildman–Crippen MR) is 106 cm³/mol. The van der Waals surface area contributed by atoms with Crippen LogP contribution in [0.2, 0.25) is 0 Å². The SMILES string of the molecule is C=Cc1ccc(-c2ccc(Oc3c(F)c(F)c(F)c4c(F)c(F)c(F)c(F)c34)cc2)cc1. The zero-order chi connectivity index (χ0) is 23.2. The van der Waals surface area contributed by atoms with E-state index in [2.05, 4.69) is 6.58 Å². The lowest BCUT2D eigenvalue weighted by Crippen LogP contribution is -2.06. The van der Waals surface area contributed by atoms with Crippen LogP contribution >= 0.6 is 0 Å². The Morgan fingerprint density at radius 1 is 0.531 bits per heavy atom. The molecular weight excluding hydrogens is 437 g/mol. The summed E-state index contributed by atoms with van der Waals surface area (Å²) >= 11 is 0. The van der Waals surface area contributed by atoms with Gasteiger partial charge in [-0.05, 0) is 28.8 Å². The third-order valence-corrected chi connectivity index (χ3v) is 4.85. The van der Waals surface area contributed by atoms with Crippen LogP contribution in [0.15, 0.2) is 55.1 Å². The molecule has 0 fully saturated rings. The number of hydrogen-bond acceptors (Lipinski definition) is 1. The van der Waals surface area contributed by atoms with Gasteiger partial charge in [0, 0.05) is 0 Å². The second-order valence-electron chi connectivity index (χ2n) is 6.73. The average Bonchev–Trinajstić information content (AvgIpc) is 2.82. The topological polar surface area (TPSA) is 9.23 Å². The van der Waals surface area contributed by atoms with Crippen LogP contribution < -0.4 is 4.74 Å². The third-order valence-electron chi connectivity index (χ3n) is 4.85. The van der Waals surface area contributed by atoms with Gasteiger partial charge in [0.2, 0.25) is 5.82 Å². The van der Waals surface area contributed by atoms with Crippen LogP contribution in [0, 0.1) is 40.7 Å². The molecule has 0 atom stereocenters. The first-order valence-electron chi connectivity index (χ1n) is 9.07. The van der Waals surface area contributed by atoms with Gasteiger partial charge in [0.15, 0.2) is 40.7 Å². The average molecular weight is 448 g/mol. The summed E-state index contributed by atoms with van der Waals surface area (Å²) in [6, 6.07) is 12.9. The van der Waals surface area contributed by atoms with Crippen LogP contribution in [-0.2, 0) is 0 Å². The molecule has 162 valence electrons. The van der Waals surface area contributed by atoms with E-state index in [4.69, 9.17) is 4.74 Å². The smallest absolute Gasteiger partial charge is 0.205 e. The van der Waals surface area contributed by atoms with E-state index in [1.54, 1.807) is 6.08 Å². The summed E-state index contributed by atoms with van der Waals surface area (Å²) in [5, 5.41) is -3.00. The molecule has 0 spiro atoms. The summed E-state index contributed by atoms with van der Waals surface area (Å²) in [5.41, 5.74) is 2.40. The summed E-state index contributed by atoms with van der Waals surface area (Å²) in [6.45, 7) is 3.66. The van der Waals surface area contributed by atoms with Gasteiger partial charge < -0.3 is 4.74 Å². The Morgan fingerprint density at radius 3 is 1.47 bits per heavy atom. The van der Waals surface area contributed by atoms with Crippen LogP contribution in [0.3, 0.4) is 0 Å². The molecule has 1 nitrogen and oxygen atoms in total. The van der Waals surface area contributed by atoms with E-state index in [9.17, 15) is 30.7 Å². The number of halogens is 7. The monoisotopic (exact) mass is 448 g/mol. The number of fused-ring (bicyclic) bond motifs is 1. The Hall–Kier alpha value is -3.81. The minimum Gasteiger partial charge on any atom is -0.453 e. The predicted octanol–water partition coefficient (Wildman–Crippen LogP) is 7.92. The lowest BCUT2D eigenvalue weighted by molar-refractivity contribution is 0.387. The van der Waals surface area contributed by atoms with Crippen LogP contribution in [-0.4, -0.2) is 0 Å². The highest BCUT2D eigenvalue weighted by Crippen LogP contribution is 2.41. The fourth-order valence-electron chi connectivity index (χ4n) is 3.21. The number of hydrogen-bond donors (Lipinski definition) is 0. The van der Waals surface area contributed by atoms with Crippen molar-refractivity contribution in [2.45, 2.75) is 0 Å². The molecule has 4 rings (SSSR count). The summed E-state index contributed by atoms with van der Waals surface area (Å²) in [5.74, 6) is -17.0. The van der Waals surface area contributed by atoms with Gasteiger partial charge in [-0.2, -0.15) is 4.39 Å². The first-order valence-corrected chi connectivity index (χ1v) is 9.07. The van der Waals surface area contributed by atoms with Crippen LogP contribution in [0.1, 0.15) is 5.56 Å². The molecule has 4 aromatic rings. The molecule has 0 aliphatic carbocycles. The van der Waals surface area contributed by atoms with Crippen molar-refractivity contribution in [2.75, 3.05) is 0 Å². The van der Waals surface area contributed by atoms with Crippen molar-refractivity contribution in [3.05, 3.63) is 101 Å². The van der Waals surface area contributed by atoms with Gasteiger partial charge in [0.1, 0.15) is 5.75 Å². The van der Waals surface area contributed by atoms with E-state index in [0.717, 1.165) is 11.1 Å². The Balaban J connectivity index is 1.81. The van der Waals surface area contributed by atoms with Gasteiger partial charge in [-0.15, -0.1) is 0 Å². The van der Waals surface area contributed by atoms with Crippen molar-refractivity contribution in [1.82, 2.24) is 0 Å². The quantitative estimate of drug-likeness (QED) is 0.175. The van der Waals surface area contributed by atoms with Crippen LogP contribution in [0.25, 0.3) is 28.0 Å². The normalized spacial score (nSPS) is 11.1. The highest BCUT2D eigenvalue weighted by atomic mass is 19.2. The largest absolute Gasteiger partial charge is 0.453 e. The summed E-state index contributed by atoms with van der Waals surface area (Å²) in [7, 11) is 0. The summed E-state index contributed by atoms with van der Waals surface area (Å²) in [4.78, 5) is 0. The lowest BCUT2D eigenvalue weighted by Gasteiger charge is -2.14. The third kappa shape index (κ3) is 3.37. The molecule has 0 unspecified atom stereocenters. The second-order valence-corrected chi connectivity index (χ2v) is 6.73. The number of ether oxygens (including phenoxy) is 1. The van der Waals surface area contributed by atoms with Crippen molar-refractivity contribution in [3.63, 3.8) is 0 Å². The van der Waals surface area contributed by atoms with Crippen molar-refractivity contribution in [2.24, 2.45) is 0 Å². The number of benzene rings is 4. The maximum atomic E-state index is 14.4. The minimum absolute atomic E-state index is 0.174. The van der Waals surface area contributed by atoms with E-state index >= 15 is 0 Å². The van der Waals surface area contributed by atoms with E-state index < -0.39 is 57.2 Å². The van der Waals surface area contributed by atoms with Gasteiger partial charge in [-0.25, -0.2) is 26.3 Å². The summed E-state index contributed by atoms with van der Waals surface area (Å²) in [6.07, 6.45) is 1.66. The molecule has 0 saturated carbocycles. The molecule has 32 heavy (non-hydrogen) atoms. The molecule has 0 aliphatic heterocycles. The second kappa shape index (κ2) is 8.03. The van der Waals surface area contributed by atoms with Crippen LogP contribution in [0.4, 0.5) is 30.7 Å². The van der Waals surface area contributed by atoms with Gasteiger partial charge in [0.05, 0.1) is 10.8 Å². The molecule has 0 bridgehead atoms. The van der Waals surface area contributed by atoms with E-state index in [1.165, 1.54) is 24.3 Å². The zero-order valence-electron chi connectivity index (χ0n) is 16.0. The molecule has 0 saturated heterocycles. The molecule has 0 radical (unpaired) electrons. The highest BCUT2D eigenvalue weighted by molar-refractivity contribution is 5.91. The van der Waals surface area contributed by atoms with Gasteiger partial charge in [-0.1, -0.05) is 49.1 Å². The van der Waals surface area contributed by atoms with Crippen molar-refractivity contribution >= 4 is 16.8 Å². The highest BCUT2D eigenvalue weighted by Gasteiger charge is 2.31. The maximum Gasteiger partial charge on any atom is 0.205 e. The van der Waals surface area contributed by atoms with Gasteiger partial charge >= 0.3 is 0 Å². The maximum absolute atomic E-state index is 14.4. The molecule has 0 N–H and O–H groups in total. The molecule has 0 aromatic heterocycles. The molecule has 4 aromatic carbocycles. The van der Waals surface area contributed by atoms with Crippen molar-refractivity contribution in [3.8, 4) is 22.6 Å². The molecular formula is C24H11F7O. The first-order chi connectivity index (χ1) is 15.2. The van der Waals surface area contributed by atoms with E-state index in [0.29, 0.717) is 5.56 Å². The molecule has 0 heterocycles. The van der Waals surface area contributed by atoms with Gasteiger partial charge in [0.25, 0.3) is 0 Å².